The first kappa shape index (κ1) is 18.6. The summed E-state index contributed by atoms with van der Waals surface area (Å²) in [5, 5.41) is 11.3. The Balaban J connectivity index is 1.25. The highest BCUT2D eigenvalue weighted by atomic mass is 32.1. The van der Waals surface area contributed by atoms with Crippen molar-refractivity contribution in [2.45, 2.75) is 6.42 Å². The topological polar surface area (TPSA) is 48.7 Å². The first-order chi connectivity index (χ1) is 13.8. The van der Waals surface area contributed by atoms with Gasteiger partial charge in [0.1, 0.15) is 0 Å². The van der Waals surface area contributed by atoms with E-state index in [-0.39, 0.29) is 0 Å². The second kappa shape index (κ2) is 8.93. The lowest BCUT2D eigenvalue weighted by molar-refractivity contribution is 0.374. The van der Waals surface area contributed by atoms with Gasteiger partial charge in [0.2, 0.25) is 0 Å². The van der Waals surface area contributed by atoms with Crippen LogP contribution in [0.4, 0.5) is 5.00 Å². The summed E-state index contributed by atoms with van der Waals surface area (Å²) in [6, 6.07) is 14.8. The highest BCUT2D eigenvalue weighted by Gasteiger charge is 2.20. The maximum atomic E-state index is 4.48. The minimum absolute atomic E-state index is 0.874. The third-order valence-corrected chi connectivity index (χ3v) is 5.94. The van der Waals surface area contributed by atoms with Crippen LogP contribution in [0.3, 0.4) is 0 Å². The largest absolute Gasteiger partial charge is 0.360 e. The molecule has 7 heteroatoms. The molecule has 0 aliphatic carbocycles. The average Bonchev–Trinajstić information content (AvgIpc) is 3.46. The van der Waals surface area contributed by atoms with Crippen LogP contribution >= 0.6 is 11.3 Å². The second-order valence-electron chi connectivity index (χ2n) is 6.77. The molecule has 0 radical (unpaired) electrons. The number of aromatic nitrogens is 2. The Morgan fingerprint density at radius 3 is 2.57 bits per heavy atom. The van der Waals surface area contributed by atoms with Gasteiger partial charge in [-0.1, -0.05) is 12.1 Å². The summed E-state index contributed by atoms with van der Waals surface area (Å²) in [5.74, 6) is 0.999. The molecule has 146 valence electrons. The van der Waals surface area contributed by atoms with E-state index in [0.29, 0.717) is 0 Å². The van der Waals surface area contributed by atoms with Crippen LogP contribution in [0.25, 0.3) is 5.69 Å². The normalized spacial score (nSPS) is 15.1. The number of nitrogens with one attached hydrogen (secondary N) is 1. The number of aliphatic imine (C=N–C) groups is 1. The molecule has 1 N–H and O–H groups in total. The van der Waals surface area contributed by atoms with E-state index in [4.69, 9.17) is 0 Å². The first-order valence-corrected chi connectivity index (χ1v) is 10.5. The number of piperazine rings is 1. The van der Waals surface area contributed by atoms with Gasteiger partial charge in [-0.3, -0.25) is 4.99 Å². The average molecular weight is 395 g/mol. The van der Waals surface area contributed by atoms with E-state index in [1.807, 2.05) is 35.3 Å². The summed E-state index contributed by atoms with van der Waals surface area (Å²) in [4.78, 5) is 9.29. The fourth-order valence-corrected chi connectivity index (χ4v) is 4.26. The fourth-order valence-electron chi connectivity index (χ4n) is 3.48. The van der Waals surface area contributed by atoms with Crippen LogP contribution < -0.4 is 10.2 Å². The summed E-state index contributed by atoms with van der Waals surface area (Å²) >= 11 is 1.81. The Morgan fingerprint density at radius 1 is 1.11 bits per heavy atom. The molecule has 6 nitrogen and oxygen atoms in total. The van der Waals surface area contributed by atoms with E-state index in [0.717, 1.165) is 50.8 Å². The first-order valence-electron chi connectivity index (χ1n) is 9.66. The molecule has 3 heterocycles. The molecule has 1 aromatic carbocycles. The van der Waals surface area contributed by atoms with Gasteiger partial charge in [-0.15, -0.1) is 11.3 Å². The van der Waals surface area contributed by atoms with Crippen molar-refractivity contribution >= 4 is 22.3 Å². The zero-order valence-corrected chi connectivity index (χ0v) is 17.0. The quantitative estimate of drug-likeness (QED) is 0.534. The molecular weight excluding hydrogens is 368 g/mol. The number of thiophene rings is 1. The molecule has 1 aliphatic rings. The van der Waals surface area contributed by atoms with Crippen LogP contribution in [0.2, 0.25) is 0 Å². The van der Waals surface area contributed by atoms with Crippen LogP contribution in [0.15, 0.2) is 65.2 Å². The van der Waals surface area contributed by atoms with Gasteiger partial charge in [-0.2, -0.15) is 5.10 Å². The highest BCUT2D eigenvalue weighted by Crippen LogP contribution is 2.22. The Morgan fingerprint density at radius 2 is 1.93 bits per heavy atom. The van der Waals surface area contributed by atoms with Crippen molar-refractivity contribution in [3.63, 3.8) is 0 Å². The van der Waals surface area contributed by atoms with Crippen molar-refractivity contribution < 1.29 is 0 Å². The lowest BCUT2D eigenvalue weighted by Crippen LogP contribution is -2.52. The van der Waals surface area contributed by atoms with Crippen LogP contribution in [-0.4, -0.2) is 60.4 Å². The highest BCUT2D eigenvalue weighted by molar-refractivity contribution is 7.14. The summed E-state index contributed by atoms with van der Waals surface area (Å²) in [6.07, 6.45) is 4.72. The van der Waals surface area contributed by atoms with Gasteiger partial charge in [-0.25, -0.2) is 4.68 Å². The predicted molar refractivity (Wildman–Crippen MR) is 117 cm³/mol. The summed E-state index contributed by atoms with van der Waals surface area (Å²) < 4.78 is 1.87. The van der Waals surface area contributed by atoms with E-state index in [1.165, 1.54) is 10.6 Å². The van der Waals surface area contributed by atoms with Crippen LogP contribution in [-0.2, 0) is 6.42 Å². The molecule has 0 spiro atoms. The van der Waals surface area contributed by atoms with Gasteiger partial charge in [0.05, 0.1) is 10.7 Å². The molecule has 3 aromatic rings. The second-order valence-corrected chi connectivity index (χ2v) is 7.69. The number of benzene rings is 1. The maximum absolute atomic E-state index is 4.48. The Hall–Kier alpha value is -2.80. The molecule has 0 atom stereocenters. The smallest absolute Gasteiger partial charge is 0.193 e. The van der Waals surface area contributed by atoms with Gasteiger partial charge < -0.3 is 15.1 Å². The summed E-state index contributed by atoms with van der Waals surface area (Å²) in [7, 11) is 1.87. The minimum atomic E-state index is 0.874. The van der Waals surface area contributed by atoms with E-state index in [1.54, 1.807) is 6.20 Å². The molecule has 1 aliphatic heterocycles. The van der Waals surface area contributed by atoms with Gasteiger partial charge >= 0.3 is 0 Å². The molecular formula is C21H26N6S. The van der Waals surface area contributed by atoms with Crippen LogP contribution in [0, 0.1) is 0 Å². The third-order valence-electron chi connectivity index (χ3n) is 5.01. The van der Waals surface area contributed by atoms with E-state index < -0.39 is 0 Å². The lowest BCUT2D eigenvalue weighted by Gasteiger charge is -2.37. The van der Waals surface area contributed by atoms with Crippen LogP contribution in [0.5, 0.6) is 0 Å². The number of nitrogens with zero attached hydrogens (tertiary/aromatic N) is 5. The molecule has 2 aromatic heterocycles. The Bertz CT molecular complexity index is 862. The molecule has 1 fully saturated rings. The van der Waals surface area contributed by atoms with Crippen molar-refractivity contribution in [3.8, 4) is 5.69 Å². The molecule has 0 amide bonds. The molecule has 1 saturated heterocycles. The number of rotatable bonds is 5. The zero-order chi connectivity index (χ0) is 19.2. The van der Waals surface area contributed by atoms with Crippen molar-refractivity contribution in [1.82, 2.24) is 20.0 Å². The summed E-state index contributed by atoms with van der Waals surface area (Å²) in [5.41, 5.74) is 2.39. The van der Waals surface area contributed by atoms with Gasteiger partial charge in [0.15, 0.2) is 5.96 Å². The fraction of sp³-hybridized carbons (Fsp3) is 0.333. The standard InChI is InChI=1S/C21H26N6S/c1-22-21(26-15-13-25(14-16-26)20-4-2-17-28-20)23-11-9-18-5-7-19(8-6-18)27-12-3-10-24-27/h2-8,10,12,17H,9,11,13-16H2,1H3,(H,22,23). The van der Waals surface area contributed by atoms with Crippen molar-refractivity contribution in [3.05, 3.63) is 65.8 Å². The van der Waals surface area contributed by atoms with Crippen LogP contribution in [0.1, 0.15) is 5.56 Å². The van der Waals surface area contributed by atoms with E-state index >= 15 is 0 Å². The van der Waals surface area contributed by atoms with Crippen molar-refractivity contribution in [2.24, 2.45) is 4.99 Å². The number of hydrogen-bond acceptors (Lipinski definition) is 4. The molecule has 28 heavy (non-hydrogen) atoms. The minimum Gasteiger partial charge on any atom is -0.360 e. The third kappa shape index (κ3) is 4.36. The van der Waals surface area contributed by atoms with E-state index in [2.05, 4.69) is 67.0 Å². The Labute approximate surface area is 170 Å². The lowest BCUT2D eigenvalue weighted by atomic mass is 10.1. The van der Waals surface area contributed by atoms with Gasteiger partial charge in [0.25, 0.3) is 0 Å². The van der Waals surface area contributed by atoms with E-state index in [9.17, 15) is 0 Å². The van der Waals surface area contributed by atoms with Crippen molar-refractivity contribution in [2.75, 3.05) is 44.7 Å². The van der Waals surface area contributed by atoms with Crippen molar-refractivity contribution in [1.29, 1.82) is 0 Å². The zero-order valence-electron chi connectivity index (χ0n) is 16.2. The number of anilines is 1. The SMILES string of the molecule is CN=C(NCCc1ccc(-n2cccn2)cc1)N1CCN(c2cccs2)CC1. The predicted octanol–water partition coefficient (Wildman–Crippen LogP) is 2.87. The molecule has 4 rings (SSSR count). The Kier molecular flexibility index (Phi) is 5.92. The molecule has 0 unspecified atom stereocenters. The monoisotopic (exact) mass is 394 g/mol. The molecule has 0 saturated carbocycles. The maximum Gasteiger partial charge on any atom is 0.193 e. The van der Waals surface area contributed by atoms with Gasteiger partial charge in [0, 0.05) is 52.2 Å². The van der Waals surface area contributed by atoms with Gasteiger partial charge in [-0.05, 0) is 47.7 Å². The number of guanidine groups is 1. The molecule has 0 bridgehead atoms. The number of hydrogen-bond donors (Lipinski definition) is 1. The summed E-state index contributed by atoms with van der Waals surface area (Å²) in [6.45, 7) is 4.94.